The van der Waals surface area contributed by atoms with Crippen molar-refractivity contribution < 1.29 is 4.39 Å². The lowest BCUT2D eigenvalue weighted by Gasteiger charge is -2.17. The molecule has 1 rings (SSSR count). The van der Waals surface area contributed by atoms with Gasteiger partial charge in [-0.1, -0.05) is 33.1 Å². The minimum atomic E-state index is -0.198. The second kappa shape index (κ2) is 7.78. The Labute approximate surface area is 118 Å². The van der Waals surface area contributed by atoms with Crippen molar-refractivity contribution in [3.8, 4) is 0 Å². The highest BCUT2D eigenvalue weighted by Crippen LogP contribution is 2.25. The summed E-state index contributed by atoms with van der Waals surface area (Å²) in [6.45, 7) is 7.36. The number of unbranched alkanes of at least 4 members (excludes halogenated alkanes) is 1. The van der Waals surface area contributed by atoms with Crippen LogP contribution in [0.3, 0.4) is 0 Å². The third-order valence-corrected chi connectivity index (χ3v) is 4.00. The quantitative estimate of drug-likeness (QED) is 0.698. The first-order valence-corrected chi connectivity index (χ1v) is 7.57. The van der Waals surface area contributed by atoms with Gasteiger partial charge in [-0.3, -0.25) is 0 Å². The van der Waals surface area contributed by atoms with E-state index in [2.05, 4.69) is 35.1 Å². The van der Waals surface area contributed by atoms with E-state index in [1.54, 1.807) is 6.07 Å². The van der Waals surface area contributed by atoms with Crippen molar-refractivity contribution in [2.45, 2.75) is 46.5 Å². The van der Waals surface area contributed by atoms with Crippen LogP contribution in [-0.4, -0.2) is 6.54 Å². The zero-order valence-corrected chi connectivity index (χ0v) is 13.1. The second-order valence-electron chi connectivity index (χ2n) is 4.88. The lowest BCUT2D eigenvalue weighted by atomic mass is 9.99. The van der Waals surface area contributed by atoms with E-state index in [0.717, 1.165) is 17.8 Å². The van der Waals surface area contributed by atoms with Crippen molar-refractivity contribution in [2.24, 2.45) is 5.92 Å². The van der Waals surface area contributed by atoms with Crippen molar-refractivity contribution >= 4 is 21.6 Å². The predicted octanol–water partition coefficient (Wildman–Crippen LogP) is 5.52. The number of nitrogens with one attached hydrogen (secondary N) is 1. The van der Waals surface area contributed by atoms with Crippen molar-refractivity contribution in [3.63, 3.8) is 0 Å². The molecule has 102 valence electrons. The molecule has 1 aromatic rings. The number of halogens is 2. The molecule has 0 saturated heterocycles. The zero-order chi connectivity index (χ0) is 13.5. The molecule has 0 spiro atoms. The smallest absolute Gasteiger partial charge is 0.137 e. The van der Waals surface area contributed by atoms with Crippen molar-refractivity contribution in [2.75, 3.05) is 11.9 Å². The monoisotopic (exact) mass is 315 g/mol. The van der Waals surface area contributed by atoms with Crippen LogP contribution in [0.25, 0.3) is 0 Å². The van der Waals surface area contributed by atoms with E-state index in [4.69, 9.17) is 0 Å². The summed E-state index contributed by atoms with van der Waals surface area (Å²) >= 11 is 3.23. The molecule has 0 saturated carbocycles. The number of aryl methyl sites for hydroxylation is 1. The molecule has 0 heterocycles. The van der Waals surface area contributed by atoms with Crippen LogP contribution in [0.4, 0.5) is 10.1 Å². The number of hydrogen-bond acceptors (Lipinski definition) is 1. The largest absolute Gasteiger partial charge is 0.385 e. The first kappa shape index (κ1) is 15.5. The van der Waals surface area contributed by atoms with E-state index in [9.17, 15) is 4.39 Å². The molecule has 1 unspecified atom stereocenters. The van der Waals surface area contributed by atoms with E-state index in [1.165, 1.54) is 25.7 Å². The minimum Gasteiger partial charge on any atom is -0.385 e. The maximum absolute atomic E-state index is 13.3. The van der Waals surface area contributed by atoms with Gasteiger partial charge in [-0.25, -0.2) is 4.39 Å². The van der Waals surface area contributed by atoms with Gasteiger partial charge in [0.05, 0.1) is 4.47 Å². The summed E-state index contributed by atoms with van der Waals surface area (Å²) < 4.78 is 13.8. The Bertz CT molecular complexity index is 379. The van der Waals surface area contributed by atoms with Crippen LogP contribution in [0, 0.1) is 18.7 Å². The van der Waals surface area contributed by atoms with Gasteiger partial charge in [0.25, 0.3) is 0 Å². The molecule has 1 atom stereocenters. The fourth-order valence-corrected chi connectivity index (χ4v) is 2.38. The molecule has 0 aromatic heterocycles. The summed E-state index contributed by atoms with van der Waals surface area (Å²) in [6, 6.07) is 3.40. The number of hydrogen-bond donors (Lipinski definition) is 1. The van der Waals surface area contributed by atoms with Crippen LogP contribution in [-0.2, 0) is 0 Å². The van der Waals surface area contributed by atoms with Crippen LogP contribution >= 0.6 is 15.9 Å². The standard InChI is InChI=1S/C15H23BrFN/c1-4-6-7-12(5-2)10-18-15-9-13(16)14(17)8-11(15)3/h8-9,12,18H,4-7,10H2,1-3H3. The van der Waals surface area contributed by atoms with Gasteiger partial charge in [0.1, 0.15) is 5.82 Å². The normalized spacial score (nSPS) is 12.5. The van der Waals surface area contributed by atoms with Crippen LogP contribution in [0.5, 0.6) is 0 Å². The summed E-state index contributed by atoms with van der Waals surface area (Å²) in [6.07, 6.45) is 4.99. The van der Waals surface area contributed by atoms with E-state index in [-0.39, 0.29) is 5.82 Å². The molecule has 0 radical (unpaired) electrons. The highest BCUT2D eigenvalue weighted by Gasteiger charge is 2.08. The summed E-state index contributed by atoms with van der Waals surface area (Å²) in [5, 5.41) is 3.44. The average Bonchev–Trinajstić information content (AvgIpc) is 2.35. The number of benzene rings is 1. The molecule has 18 heavy (non-hydrogen) atoms. The SMILES string of the molecule is CCCCC(CC)CNc1cc(Br)c(F)cc1C. The molecule has 3 heteroatoms. The Kier molecular flexibility index (Phi) is 6.69. The summed E-state index contributed by atoms with van der Waals surface area (Å²) in [5.74, 6) is 0.504. The zero-order valence-electron chi connectivity index (χ0n) is 11.5. The molecule has 0 fully saturated rings. The Morgan fingerprint density at radius 3 is 2.67 bits per heavy atom. The van der Waals surface area contributed by atoms with E-state index < -0.39 is 0 Å². The maximum atomic E-state index is 13.3. The summed E-state index contributed by atoms with van der Waals surface area (Å²) in [7, 11) is 0. The topological polar surface area (TPSA) is 12.0 Å². The Balaban J connectivity index is 2.59. The van der Waals surface area contributed by atoms with Gasteiger partial charge in [0.15, 0.2) is 0 Å². The van der Waals surface area contributed by atoms with Crippen LogP contribution < -0.4 is 5.32 Å². The van der Waals surface area contributed by atoms with Crippen LogP contribution in [0.15, 0.2) is 16.6 Å². The van der Waals surface area contributed by atoms with Crippen molar-refractivity contribution in [1.29, 1.82) is 0 Å². The Morgan fingerprint density at radius 1 is 1.33 bits per heavy atom. The molecule has 1 aromatic carbocycles. The van der Waals surface area contributed by atoms with Crippen LogP contribution in [0.1, 0.15) is 45.1 Å². The molecule has 0 aliphatic heterocycles. The van der Waals surface area contributed by atoms with Crippen LogP contribution in [0.2, 0.25) is 0 Å². The van der Waals surface area contributed by atoms with Crippen molar-refractivity contribution in [1.82, 2.24) is 0 Å². The third-order valence-electron chi connectivity index (χ3n) is 3.39. The predicted molar refractivity (Wildman–Crippen MR) is 80.6 cm³/mol. The molecular weight excluding hydrogens is 293 g/mol. The molecule has 1 N–H and O–H groups in total. The van der Waals surface area contributed by atoms with Gasteiger partial charge in [0.2, 0.25) is 0 Å². The fraction of sp³-hybridized carbons (Fsp3) is 0.600. The maximum Gasteiger partial charge on any atom is 0.137 e. The first-order chi connectivity index (χ1) is 8.58. The summed E-state index contributed by atoms with van der Waals surface area (Å²) in [4.78, 5) is 0. The Hall–Kier alpha value is -0.570. The van der Waals surface area contributed by atoms with Gasteiger partial charge in [-0.05, 0) is 52.9 Å². The Morgan fingerprint density at radius 2 is 2.06 bits per heavy atom. The third kappa shape index (κ3) is 4.60. The molecule has 0 aliphatic carbocycles. The van der Waals surface area contributed by atoms with E-state index >= 15 is 0 Å². The lowest BCUT2D eigenvalue weighted by molar-refractivity contribution is 0.472. The highest BCUT2D eigenvalue weighted by molar-refractivity contribution is 9.10. The first-order valence-electron chi connectivity index (χ1n) is 6.78. The van der Waals surface area contributed by atoms with Crippen molar-refractivity contribution in [3.05, 3.63) is 28.0 Å². The van der Waals surface area contributed by atoms with E-state index in [1.807, 2.05) is 13.0 Å². The molecule has 0 amide bonds. The van der Waals surface area contributed by atoms with Gasteiger partial charge in [0, 0.05) is 12.2 Å². The van der Waals surface area contributed by atoms with Gasteiger partial charge < -0.3 is 5.32 Å². The average molecular weight is 316 g/mol. The lowest BCUT2D eigenvalue weighted by Crippen LogP contribution is -2.14. The molecule has 1 nitrogen and oxygen atoms in total. The van der Waals surface area contributed by atoms with Gasteiger partial charge >= 0.3 is 0 Å². The van der Waals surface area contributed by atoms with E-state index in [0.29, 0.717) is 10.4 Å². The van der Waals surface area contributed by atoms with Gasteiger partial charge in [-0.15, -0.1) is 0 Å². The molecule has 0 bridgehead atoms. The fourth-order valence-electron chi connectivity index (χ4n) is 2.03. The highest BCUT2D eigenvalue weighted by atomic mass is 79.9. The second-order valence-corrected chi connectivity index (χ2v) is 5.73. The number of anilines is 1. The minimum absolute atomic E-state index is 0.198. The number of rotatable bonds is 7. The molecular formula is C15H23BrFN. The summed E-state index contributed by atoms with van der Waals surface area (Å²) in [5.41, 5.74) is 1.99. The van der Waals surface area contributed by atoms with Gasteiger partial charge in [-0.2, -0.15) is 0 Å². The molecule has 0 aliphatic rings.